The van der Waals surface area contributed by atoms with Crippen LogP contribution in [0.5, 0.6) is 5.75 Å². The molecule has 2 aromatic heterocycles. The normalized spacial score (nSPS) is 11.4. The van der Waals surface area contributed by atoms with Crippen LogP contribution in [-0.2, 0) is 17.1 Å². The van der Waals surface area contributed by atoms with E-state index in [1.807, 2.05) is 6.92 Å². The second-order valence-corrected chi connectivity index (χ2v) is 8.58. The van der Waals surface area contributed by atoms with Crippen LogP contribution in [0.2, 0.25) is 0 Å². The molecule has 4 aromatic rings. The van der Waals surface area contributed by atoms with Crippen molar-refractivity contribution >= 4 is 32.7 Å². The summed E-state index contributed by atoms with van der Waals surface area (Å²) in [6.07, 6.45) is 2.81. The first kappa shape index (κ1) is 21.3. The van der Waals surface area contributed by atoms with Crippen LogP contribution in [-0.4, -0.2) is 30.5 Å². The van der Waals surface area contributed by atoms with Gasteiger partial charge >= 0.3 is 5.76 Å². The Labute approximate surface area is 183 Å². The molecule has 164 valence electrons. The number of anilines is 1. The lowest BCUT2D eigenvalue weighted by atomic mass is 10.2. The molecule has 0 aliphatic heterocycles. The second kappa shape index (κ2) is 8.31. The lowest BCUT2D eigenvalue weighted by Crippen LogP contribution is -2.37. The Morgan fingerprint density at radius 1 is 1.09 bits per heavy atom. The number of hydrogen-bond donors (Lipinski definition) is 0. The molecular weight excluding hydrogens is 434 g/mol. The molecule has 0 saturated heterocycles. The first-order chi connectivity index (χ1) is 15.3. The smallest absolute Gasteiger partial charge is 0.419 e. The number of aromatic nitrogens is 2. The molecule has 0 aliphatic carbocycles. The van der Waals surface area contributed by atoms with Gasteiger partial charge in [0, 0.05) is 31.1 Å². The number of aryl methyl sites for hydroxylation is 1. The summed E-state index contributed by atoms with van der Waals surface area (Å²) in [5.74, 6) is -0.839. The predicted molar refractivity (Wildman–Crippen MR) is 117 cm³/mol. The number of amides is 1. The van der Waals surface area contributed by atoms with Crippen molar-refractivity contribution in [2.24, 2.45) is 7.05 Å². The van der Waals surface area contributed by atoms with Gasteiger partial charge in [-0.1, -0.05) is 0 Å². The molecule has 0 saturated carbocycles. The molecule has 2 aromatic carbocycles. The minimum absolute atomic E-state index is 0.0987. The van der Waals surface area contributed by atoms with E-state index in [0.29, 0.717) is 22.2 Å². The highest BCUT2D eigenvalue weighted by molar-refractivity contribution is 7.93. The van der Waals surface area contributed by atoms with Crippen molar-refractivity contribution in [2.75, 3.05) is 10.9 Å². The van der Waals surface area contributed by atoms with Crippen LogP contribution >= 0.6 is 0 Å². The lowest BCUT2D eigenvalue weighted by molar-refractivity contribution is 0.100. The first-order valence-corrected chi connectivity index (χ1v) is 11.1. The molecule has 32 heavy (non-hydrogen) atoms. The topological polar surface area (TPSA) is 112 Å². The third kappa shape index (κ3) is 3.76. The van der Waals surface area contributed by atoms with E-state index >= 15 is 0 Å². The van der Waals surface area contributed by atoms with E-state index in [1.165, 1.54) is 66.5 Å². The molecular formula is C22H19N3O6S. The van der Waals surface area contributed by atoms with Crippen LogP contribution in [0.15, 0.2) is 81.1 Å². The zero-order chi connectivity index (χ0) is 22.9. The second-order valence-electron chi connectivity index (χ2n) is 6.79. The van der Waals surface area contributed by atoms with Crippen LogP contribution in [0, 0.1) is 0 Å². The van der Waals surface area contributed by atoms with Gasteiger partial charge in [0.25, 0.3) is 15.9 Å². The number of fused-ring (bicyclic) bond motifs is 1. The van der Waals surface area contributed by atoms with Crippen molar-refractivity contribution in [1.82, 2.24) is 9.55 Å². The van der Waals surface area contributed by atoms with Gasteiger partial charge in [-0.3, -0.25) is 14.3 Å². The van der Waals surface area contributed by atoms with Crippen molar-refractivity contribution in [3.8, 4) is 5.75 Å². The molecule has 2 heterocycles. The zero-order valence-electron chi connectivity index (χ0n) is 17.3. The van der Waals surface area contributed by atoms with Gasteiger partial charge in [0.15, 0.2) is 5.58 Å². The van der Waals surface area contributed by atoms with Gasteiger partial charge in [-0.2, -0.15) is 4.31 Å². The van der Waals surface area contributed by atoms with Crippen LogP contribution in [0.1, 0.15) is 17.3 Å². The van der Waals surface area contributed by atoms with E-state index in [9.17, 15) is 18.0 Å². The number of pyridine rings is 1. The maximum Gasteiger partial charge on any atom is 0.419 e. The molecule has 0 fully saturated rings. The van der Waals surface area contributed by atoms with Gasteiger partial charge in [-0.15, -0.1) is 0 Å². The van der Waals surface area contributed by atoms with Gasteiger partial charge in [0.05, 0.1) is 22.7 Å². The quantitative estimate of drug-likeness (QED) is 0.441. The van der Waals surface area contributed by atoms with Gasteiger partial charge in [0.2, 0.25) is 0 Å². The van der Waals surface area contributed by atoms with Gasteiger partial charge in [-0.05, 0) is 55.5 Å². The van der Waals surface area contributed by atoms with E-state index in [-0.39, 0.29) is 21.7 Å². The minimum atomic E-state index is -4.37. The maximum atomic E-state index is 13.6. The fourth-order valence-electron chi connectivity index (χ4n) is 3.20. The molecule has 1 amide bonds. The Bertz CT molecular complexity index is 1440. The lowest BCUT2D eigenvalue weighted by Gasteiger charge is -2.23. The van der Waals surface area contributed by atoms with Gasteiger partial charge in [0.1, 0.15) is 5.75 Å². The monoisotopic (exact) mass is 453 g/mol. The third-order valence-electron chi connectivity index (χ3n) is 4.80. The molecule has 9 nitrogen and oxygen atoms in total. The molecule has 0 N–H and O–H groups in total. The van der Waals surface area contributed by atoms with E-state index in [0.717, 1.165) is 0 Å². The summed E-state index contributed by atoms with van der Waals surface area (Å²) in [5, 5.41) is 0. The van der Waals surface area contributed by atoms with Crippen LogP contribution in [0.3, 0.4) is 0 Å². The summed E-state index contributed by atoms with van der Waals surface area (Å²) < 4.78 is 39.8. The van der Waals surface area contributed by atoms with Crippen molar-refractivity contribution in [3.05, 3.63) is 83.1 Å². The van der Waals surface area contributed by atoms with Gasteiger partial charge in [-0.25, -0.2) is 13.2 Å². The van der Waals surface area contributed by atoms with Crippen molar-refractivity contribution in [3.63, 3.8) is 0 Å². The Morgan fingerprint density at radius 3 is 2.44 bits per heavy atom. The molecule has 4 rings (SSSR count). The van der Waals surface area contributed by atoms with Crippen molar-refractivity contribution in [2.45, 2.75) is 11.8 Å². The SMILES string of the molecule is CCOc1ccc(N(C(=O)c2ccncc2)S(=O)(=O)c2ccc3c(c2)oc(=O)n3C)cc1. The van der Waals surface area contributed by atoms with Crippen LogP contribution in [0.4, 0.5) is 5.69 Å². The Kier molecular flexibility index (Phi) is 5.54. The highest BCUT2D eigenvalue weighted by atomic mass is 32.2. The fraction of sp³-hybridized carbons (Fsp3) is 0.136. The third-order valence-corrected chi connectivity index (χ3v) is 6.50. The summed E-state index contributed by atoms with van der Waals surface area (Å²) >= 11 is 0. The molecule has 0 spiro atoms. The fourth-order valence-corrected chi connectivity index (χ4v) is 4.63. The largest absolute Gasteiger partial charge is 0.494 e. The number of carbonyl (C=O) groups is 1. The molecule has 0 bridgehead atoms. The molecule has 0 unspecified atom stereocenters. The molecule has 10 heteroatoms. The number of sulfonamides is 1. The number of oxazole rings is 1. The average molecular weight is 453 g/mol. The number of hydrogen-bond acceptors (Lipinski definition) is 7. The van der Waals surface area contributed by atoms with E-state index in [1.54, 1.807) is 12.1 Å². The molecule has 0 atom stereocenters. The Hall–Kier alpha value is -3.92. The Balaban J connectivity index is 1.86. The summed E-state index contributed by atoms with van der Waals surface area (Å²) in [5.41, 5.74) is 0.804. The molecule has 0 radical (unpaired) electrons. The number of ether oxygens (including phenoxy) is 1. The summed E-state index contributed by atoms with van der Waals surface area (Å²) in [4.78, 5) is 28.8. The van der Waals surface area contributed by atoms with E-state index in [2.05, 4.69) is 4.98 Å². The van der Waals surface area contributed by atoms with E-state index in [4.69, 9.17) is 9.15 Å². The number of benzene rings is 2. The standard InChI is InChI=1S/C22H19N3O6S/c1-3-30-17-6-4-16(5-7-17)25(21(26)15-10-12-23-13-11-15)32(28,29)18-8-9-19-20(14-18)31-22(27)24(19)2/h4-14H,3H2,1-2H3. The minimum Gasteiger partial charge on any atom is -0.494 e. The Morgan fingerprint density at radius 2 is 1.78 bits per heavy atom. The van der Waals surface area contributed by atoms with Gasteiger partial charge < -0.3 is 9.15 Å². The van der Waals surface area contributed by atoms with Crippen molar-refractivity contribution < 1.29 is 22.4 Å². The number of nitrogens with zero attached hydrogens (tertiary/aromatic N) is 3. The summed E-state index contributed by atoms with van der Waals surface area (Å²) in [6.45, 7) is 2.27. The number of carbonyl (C=O) groups excluding carboxylic acids is 1. The molecule has 0 aliphatic rings. The average Bonchev–Trinajstić information content (AvgIpc) is 3.08. The van der Waals surface area contributed by atoms with Crippen LogP contribution in [0.25, 0.3) is 11.1 Å². The number of rotatable bonds is 6. The highest BCUT2D eigenvalue weighted by Gasteiger charge is 2.32. The van der Waals surface area contributed by atoms with Crippen molar-refractivity contribution in [1.29, 1.82) is 0 Å². The highest BCUT2D eigenvalue weighted by Crippen LogP contribution is 2.29. The first-order valence-electron chi connectivity index (χ1n) is 9.65. The summed E-state index contributed by atoms with van der Waals surface area (Å²) in [6, 6.07) is 13.0. The zero-order valence-corrected chi connectivity index (χ0v) is 18.1. The predicted octanol–water partition coefficient (Wildman–Crippen LogP) is 2.96. The van der Waals surface area contributed by atoms with E-state index < -0.39 is 21.7 Å². The van der Waals surface area contributed by atoms with Crippen LogP contribution < -0.4 is 14.8 Å². The maximum absolute atomic E-state index is 13.6. The summed E-state index contributed by atoms with van der Waals surface area (Å²) in [7, 11) is -2.86.